The van der Waals surface area contributed by atoms with Gasteiger partial charge in [-0.2, -0.15) is 13.2 Å². The predicted molar refractivity (Wildman–Crippen MR) is 90.4 cm³/mol. The van der Waals surface area contributed by atoms with Gasteiger partial charge in [-0.15, -0.1) is 5.10 Å². The number of hydrogen-bond acceptors (Lipinski definition) is 3. The lowest BCUT2D eigenvalue weighted by Gasteiger charge is -2.07. The van der Waals surface area contributed by atoms with Gasteiger partial charge in [0.2, 0.25) is 0 Å². The highest BCUT2D eigenvalue weighted by molar-refractivity contribution is 5.55. The molecule has 4 nitrogen and oxygen atoms in total. The summed E-state index contributed by atoms with van der Waals surface area (Å²) in [6.07, 6.45) is -2.37. The summed E-state index contributed by atoms with van der Waals surface area (Å²) in [6, 6.07) is 12.2. The van der Waals surface area contributed by atoms with Crippen LogP contribution in [0.1, 0.15) is 11.1 Å². The molecule has 0 unspecified atom stereocenters. The maximum Gasteiger partial charge on any atom is 0.416 e. The molecule has 26 heavy (non-hydrogen) atoms. The Morgan fingerprint density at radius 2 is 1.65 bits per heavy atom. The van der Waals surface area contributed by atoms with Crippen LogP contribution in [0.2, 0.25) is 0 Å². The maximum absolute atomic E-state index is 12.6. The van der Waals surface area contributed by atoms with Crippen LogP contribution < -0.4 is 0 Å². The summed E-state index contributed by atoms with van der Waals surface area (Å²) in [5.41, 5.74) is 1.57. The van der Waals surface area contributed by atoms with Crippen molar-refractivity contribution in [3.05, 3.63) is 66.0 Å². The number of aromatic nitrogens is 3. The molecule has 1 N–H and O–H groups in total. The Hall–Kier alpha value is -3.11. The highest BCUT2D eigenvalue weighted by Crippen LogP contribution is 2.29. The average molecular weight is 357 g/mol. The molecule has 0 radical (unpaired) electrons. The maximum atomic E-state index is 12.6. The Bertz CT molecular complexity index is 933. The molecule has 0 amide bonds. The quantitative estimate of drug-likeness (QED) is 0.730. The van der Waals surface area contributed by atoms with Crippen LogP contribution in [0.3, 0.4) is 0 Å². The van der Waals surface area contributed by atoms with Crippen LogP contribution in [-0.2, 0) is 12.6 Å². The van der Waals surface area contributed by atoms with Crippen LogP contribution >= 0.6 is 0 Å². The highest BCUT2D eigenvalue weighted by atomic mass is 19.4. The Kier molecular flexibility index (Phi) is 5.05. The second-order valence-electron chi connectivity index (χ2n) is 5.44. The molecule has 0 atom stereocenters. The zero-order valence-corrected chi connectivity index (χ0v) is 13.5. The SMILES string of the molecule is OCC#CCc1ccc(-c2ncn(-c3ccc(C(F)(F)F)cc3)n2)cc1. The third-order valence-electron chi connectivity index (χ3n) is 3.66. The number of rotatable bonds is 3. The minimum absolute atomic E-state index is 0.163. The smallest absolute Gasteiger partial charge is 0.384 e. The van der Waals surface area contributed by atoms with Crippen LogP contribution in [0.4, 0.5) is 13.2 Å². The van der Waals surface area contributed by atoms with Crippen LogP contribution in [0.5, 0.6) is 0 Å². The number of nitrogens with zero attached hydrogens (tertiary/aromatic N) is 3. The summed E-state index contributed by atoms with van der Waals surface area (Å²) in [5, 5.41) is 13.0. The van der Waals surface area contributed by atoms with Crippen LogP contribution in [-0.4, -0.2) is 26.5 Å². The Morgan fingerprint density at radius 1 is 0.962 bits per heavy atom. The topological polar surface area (TPSA) is 50.9 Å². The minimum Gasteiger partial charge on any atom is -0.384 e. The molecule has 0 aliphatic heterocycles. The molecule has 1 aromatic heterocycles. The van der Waals surface area contributed by atoms with E-state index in [0.29, 0.717) is 17.9 Å². The minimum atomic E-state index is -4.37. The van der Waals surface area contributed by atoms with Gasteiger partial charge in [-0.05, 0) is 29.8 Å². The van der Waals surface area contributed by atoms with E-state index in [0.717, 1.165) is 23.3 Å². The van der Waals surface area contributed by atoms with Gasteiger partial charge in [0.25, 0.3) is 0 Å². The Morgan fingerprint density at radius 3 is 2.27 bits per heavy atom. The lowest BCUT2D eigenvalue weighted by molar-refractivity contribution is -0.137. The summed E-state index contributed by atoms with van der Waals surface area (Å²) in [7, 11) is 0. The van der Waals surface area contributed by atoms with E-state index in [1.807, 2.05) is 24.3 Å². The zero-order chi connectivity index (χ0) is 18.6. The Balaban J connectivity index is 1.77. The number of alkyl halides is 3. The highest BCUT2D eigenvalue weighted by Gasteiger charge is 2.30. The zero-order valence-electron chi connectivity index (χ0n) is 13.5. The number of hydrogen-bond donors (Lipinski definition) is 1. The average Bonchev–Trinajstić information content (AvgIpc) is 3.12. The molecule has 0 aliphatic carbocycles. The Labute approximate surface area is 147 Å². The van der Waals surface area contributed by atoms with Gasteiger partial charge >= 0.3 is 6.18 Å². The van der Waals surface area contributed by atoms with Gasteiger partial charge < -0.3 is 5.11 Å². The van der Waals surface area contributed by atoms with Crippen molar-refractivity contribution in [1.29, 1.82) is 0 Å². The van der Waals surface area contributed by atoms with Crippen LogP contribution in [0.15, 0.2) is 54.9 Å². The second kappa shape index (κ2) is 7.42. The molecule has 0 spiro atoms. The first-order valence-corrected chi connectivity index (χ1v) is 7.72. The largest absolute Gasteiger partial charge is 0.416 e. The molecule has 0 aliphatic rings. The molecule has 132 valence electrons. The van der Waals surface area contributed by atoms with E-state index < -0.39 is 11.7 Å². The van der Waals surface area contributed by atoms with Gasteiger partial charge in [-0.1, -0.05) is 36.1 Å². The van der Waals surface area contributed by atoms with Crippen LogP contribution in [0.25, 0.3) is 17.1 Å². The van der Waals surface area contributed by atoms with Crippen molar-refractivity contribution in [2.24, 2.45) is 0 Å². The monoisotopic (exact) mass is 357 g/mol. The normalized spacial score (nSPS) is 11.1. The van der Waals surface area contributed by atoms with Crippen molar-refractivity contribution < 1.29 is 18.3 Å². The van der Waals surface area contributed by atoms with Gasteiger partial charge in [0.05, 0.1) is 11.3 Å². The molecule has 0 fully saturated rings. The van der Waals surface area contributed by atoms with E-state index in [-0.39, 0.29) is 6.61 Å². The molecule has 1 heterocycles. The van der Waals surface area contributed by atoms with Crippen molar-refractivity contribution in [2.45, 2.75) is 12.6 Å². The van der Waals surface area contributed by atoms with Crippen molar-refractivity contribution in [3.8, 4) is 28.9 Å². The second-order valence-corrected chi connectivity index (χ2v) is 5.44. The van der Waals surface area contributed by atoms with Crippen molar-refractivity contribution in [2.75, 3.05) is 6.61 Å². The molecule has 2 aromatic carbocycles. The molecular formula is C19H14F3N3O. The standard InChI is InChI=1S/C19H14F3N3O/c20-19(21,22)16-8-10-17(11-9-16)25-13-23-18(24-25)15-6-4-14(5-7-15)3-1-2-12-26/h4-11,13,26H,3,12H2. The van der Waals surface area contributed by atoms with Gasteiger partial charge in [-0.3, -0.25) is 0 Å². The molecule has 0 saturated heterocycles. The van der Waals surface area contributed by atoms with E-state index in [1.165, 1.54) is 23.1 Å². The van der Waals surface area contributed by atoms with Gasteiger partial charge in [0.15, 0.2) is 5.82 Å². The third-order valence-corrected chi connectivity index (χ3v) is 3.66. The van der Waals surface area contributed by atoms with Gasteiger partial charge in [0, 0.05) is 12.0 Å². The molecule has 0 bridgehead atoms. The lowest BCUT2D eigenvalue weighted by Crippen LogP contribution is -2.05. The first kappa shape index (κ1) is 17.7. The molecule has 0 saturated carbocycles. The molecule has 7 heteroatoms. The van der Waals surface area contributed by atoms with Crippen molar-refractivity contribution >= 4 is 0 Å². The first-order valence-electron chi connectivity index (χ1n) is 7.72. The molecule has 3 aromatic rings. The van der Waals surface area contributed by atoms with Crippen molar-refractivity contribution in [3.63, 3.8) is 0 Å². The van der Waals surface area contributed by atoms with Crippen molar-refractivity contribution in [1.82, 2.24) is 14.8 Å². The first-order chi connectivity index (χ1) is 12.5. The summed E-state index contributed by atoms with van der Waals surface area (Å²) in [6.45, 7) is -0.163. The fourth-order valence-electron chi connectivity index (χ4n) is 2.32. The van der Waals surface area contributed by atoms with E-state index >= 15 is 0 Å². The number of aliphatic hydroxyl groups is 1. The summed E-state index contributed by atoms with van der Waals surface area (Å²) in [4.78, 5) is 4.21. The molecule has 3 rings (SSSR count). The summed E-state index contributed by atoms with van der Waals surface area (Å²) < 4.78 is 39.3. The predicted octanol–water partition coefficient (Wildman–Crippen LogP) is 3.49. The number of benzene rings is 2. The van der Waals surface area contributed by atoms with E-state index in [2.05, 4.69) is 21.9 Å². The lowest BCUT2D eigenvalue weighted by atomic mass is 10.1. The van der Waals surface area contributed by atoms with Gasteiger partial charge in [0.1, 0.15) is 12.9 Å². The van der Waals surface area contributed by atoms with E-state index in [9.17, 15) is 13.2 Å². The van der Waals surface area contributed by atoms with Crippen LogP contribution in [0, 0.1) is 11.8 Å². The fraction of sp³-hybridized carbons (Fsp3) is 0.158. The number of halogens is 3. The van der Waals surface area contributed by atoms with E-state index in [4.69, 9.17) is 5.11 Å². The fourth-order valence-corrected chi connectivity index (χ4v) is 2.32. The van der Waals surface area contributed by atoms with E-state index in [1.54, 1.807) is 0 Å². The summed E-state index contributed by atoms with van der Waals surface area (Å²) in [5.74, 6) is 5.89. The number of aliphatic hydroxyl groups excluding tert-OH is 1. The molecular weight excluding hydrogens is 343 g/mol. The third kappa shape index (κ3) is 4.10. The summed E-state index contributed by atoms with van der Waals surface area (Å²) >= 11 is 0. The van der Waals surface area contributed by atoms with Gasteiger partial charge in [-0.25, -0.2) is 9.67 Å².